The Balaban J connectivity index is 1.00. The number of halogens is 1. The van der Waals surface area contributed by atoms with Crippen LogP contribution < -0.4 is 35.6 Å². The molecule has 1 aromatic heterocycles. The van der Waals surface area contributed by atoms with Crippen molar-refractivity contribution >= 4 is 40.9 Å². The molecule has 4 N–H and O–H groups in total. The van der Waals surface area contributed by atoms with Gasteiger partial charge in [-0.1, -0.05) is 48.0 Å². The minimum Gasteiger partial charge on any atom is -0.489 e. The molecule has 8 rings (SSSR count). The van der Waals surface area contributed by atoms with Gasteiger partial charge in [0.15, 0.2) is 0 Å². The highest BCUT2D eigenvalue weighted by Crippen LogP contribution is 2.39. The van der Waals surface area contributed by atoms with Crippen LogP contribution in [0, 0.1) is 25.2 Å². The number of nitrogens with zero attached hydrogens (tertiary/aromatic N) is 4. The van der Waals surface area contributed by atoms with Gasteiger partial charge < -0.3 is 40.5 Å². The molecule has 0 saturated carbocycles. The molecule has 2 fully saturated rings. The molecule has 4 amide bonds. The third-order valence-electron chi connectivity index (χ3n) is 12.5. The highest BCUT2D eigenvalue weighted by atomic mass is 35.5. The molecule has 0 aliphatic carbocycles. The Hall–Kier alpha value is -6.79. The molecule has 15 heteroatoms. The number of ether oxygens (including phenoxy) is 2. The summed E-state index contributed by atoms with van der Waals surface area (Å²) in [6.45, 7) is 6.99. The van der Waals surface area contributed by atoms with E-state index in [0.717, 1.165) is 62.9 Å². The van der Waals surface area contributed by atoms with Crippen molar-refractivity contribution in [2.45, 2.75) is 71.4 Å². The van der Waals surface area contributed by atoms with Crippen molar-refractivity contribution in [2.75, 3.05) is 44.7 Å². The fraction of sp³-hybridized carbons (Fsp3) is 0.333. The van der Waals surface area contributed by atoms with Crippen molar-refractivity contribution in [3.8, 4) is 39.8 Å². The Morgan fingerprint density at radius 3 is 2.21 bits per heavy atom. The normalized spacial score (nSPS) is 17.0. The number of pyridine rings is 1. The summed E-state index contributed by atoms with van der Waals surface area (Å²) in [6, 6.07) is 25.6. The molecule has 0 unspecified atom stereocenters. The molecule has 3 aliphatic heterocycles. The summed E-state index contributed by atoms with van der Waals surface area (Å²) in [4.78, 5) is 57.9. The Kier molecular flexibility index (Phi) is 14.3. The number of likely N-dealkylation sites (N-methyl/N-ethyl adjacent to an activating group) is 1. The van der Waals surface area contributed by atoms with Gasteiger partial charge in [-0.05, 0) is 96.5 Å². The summed E-state index contributed by atoms with van der Waals surface area (Å²) in [6.07, 6.45) is 5.80. The molecular formula is C51H53ClN8O6. The molecule has 340 valence electrons. The van der Waals surface area contributed by atoms with Gasteiger partial charge in [0, 0.05) is 98.8 Å². The highest BCUT2D eigenvalue weighted by molar-refractivity contribution is 6.31. The van der Waals surface area contributed by atoms with Gasteiger partial charge in [-0.25, -0.2) is 0 Å². The number of amides is 4. The second-order valence-corrected chi connectivity index (χ2v) is 17.5. The first-order valence-corrected chi connectivity index (χ1v) is 22.6. The first-order valence-electron chi connectivity index (χ1n) is 22.3. The lowest BCUT2D eigenvalue weighted by molar-refractivity contribution is -0.120. The van der Waals surface area contributed by atoms with Crippen LogP contribution in [0.3, 0.4) is 0 Å². The first-order chi connectivity index (χ1) is 31.9. The Labute approximate surface area is 389 Å². The van der Waals surface area contributed by atoms with E-state index in [1.807, 2.05) is 61.5 Å². The van der Waals surface area contributed by atoms with Crippen LogP contribution in [-0.4, -0.2) is 85.4 Å². The number of rotatable bonds is 17. The molecule has 2 atom stereocenters. The van der Waals surface area contributed by atoms with Crippen molar-refractivity contribution in [2.24, 2.45) is 0 Å². The molecule has 2 saturated heterocycles. The van der Waals surface area contributed by atoms with Crippen molar-refractivity contribution in [1.82, 2.24) is 31.2 Å². The van der Waals surface area contributed by atoms with E-state index in [1.165, 1.54) is 11.1 Å². The molecule has 0 bridgehead atoms. The number of fused-ring (bicyclic) bond motifs is 1. The molecular weight excluding hydrogens is 856 g/mol. The average Bonchev–Trinajstić information content (AvgIpc) is 3.92. The maximum Gasteiger partial charge on any atom is 0.256 e. The van der Waals surface area contributed by atoms with Crippen molar-refractivity contribution in [3.05, 3.63) is 129 Å². The van der Waals surface area contributed by atoms with Gasteiger partial charge in [0.05, 0.1) is 16.8 Å². The van der Waals surface area contributed by atoms with Gasteiger partial charge in [0.1, 0.15) is 37.3 Å². The predicted molar refractivity (Wildman–Crippen MR) is 252 cm³/mol. The zero-order chi connectivity index (χ0) is 46.3. The number of nitriles is 1. The number of nitrogens with one attached hydrogen (secondary N) is 4. The maximum absolute atomic E-state index is 13.8. The van der Waals surface area contributed by atoms with Crippen LogP contribution in [0.4, 0.5) is 5.69 Å². The van der Waals surface area contributed by atoms with E-state index in [0.29, 0.717) is 78.9 Å². The summed E-state index contributed by atoms with van der Waals surface area (Å²) >= 11 is 6.93. The van der Waals surface area contributed by atoms with E-state index in [9.17, 15) is 24.4 Å². The lowest BCUT2D eigenvalue weighted by Gasteiger charge is -2.23. The van der Waals surface area contributed by atoms with Gasteiger partial charge >= 0.3 is 0 Å². The fourth-order valence-electron chi connectivity index (χ4n) is 8.83. The topological polar surface area (TPSA) is 178 Å². The molecule has 0 spiro atoms. The minimum absolute atomic E-state index is 0.0297. The zero-order valence-corrected chi connectivity index (χ0v) is 38.1. The molecule has 14 nitrogen and oxygen atoms in total. The number of carbonyl (C=O) groups is 4. The Morgan fingerprint density at radius 1 is 0.788 bits per heavy atom. The predicted octanol–water partition coefficient (Wildman–Crippen LogP) is 6.37. The number of aromatic nitrogens is 1. The average molecular weight is 909 g/mol. The number of benzene rings is 4. The van der Waals surface area contributed by atoms with Gasteiger partial charge in [-0.3, -0.25) is 24.2 Å². The molecule has 4 heterocycles. The second-order valence-electron chi connectivity index (χ2n) is 17.1. The Morgan fingerprint density at radius 2 is 1.48 bits per heavy atom. The van der Waals surface area contributed by atoms with Gasteiger partial charge in [-0.2, -0.15) is 5.26 Å². The molecule has 66 heavy (non-hydrogen) atoms. The zero-order valence-electron chi connectivity index (χ0n) is 37.3. The molecule has 5 aromatic rings. The smallest absolute Gasteiger partial charge is 0.256 e. The second kappa shape index (κ2) is 20.6. The third kappa shape index (κ3) is 10.5. The number of anilines is 1. The van der Waals surface area contributed by atoms with E-state index in [-0.39, 0.29) is 55.5 Å². The summed E-state index contributed by atoms with van der Waals surface area (Å²) in [7, 11) is 1.65. The van der Waals surface area contributed by atoms with Gasteiger partial charge in [0.2, 0.25) is 17.7 Å². The van der Waals surface area contributed by atoms with Crippen LogP contribution in [-0.2, 0) is 34.1 Å². The van der Waals surface area contributed by atoms with E-state index in [1.54, 1.807) is 24.2 Å². The molecule has 4 aromatic carbocycles. The number of hydrogen-bond donors (Lipinski definition) is 4. The van der Waals surface area contributed by atoms with Crippen molar-refractivity contribution in [1.29, 1.82) is 5.26 Å². The van der Waals surface area contributed by atoms with Gasteiger partial charge in [-0.15, -0.1) is 0 Å². The van der Waals surface area contributed by atoms with E-state index < -0.39 is 0 Å². The van der Waals surface area contributed by atoms with Crippen LogP contribution in [0.15, 0.2) is 85.2 Å². The first kappa shape index (κ1) is 45.8. The number of hydrogen-bond acceptors (Lipinski definition) is 10. The SMILES string of the molecule is Cc1c(OCc2cc(OCc3cncc(C#N)c3)c(CNC[C@H]3CCC(=O)N3)cc2Cl)cccc1-c1cccc(-c2ccc3c(c2)C(=O)N(C)CC(=O)N3CCNC[C@@H]2CCC(=O)N2)c1C. The lowest BCUT2D eigenvalue weighted by atomic mass is 9.90. The van der Waals surface area contributed by atoms with Gasteiger partial charge in [0.25, 0.3) is 5.91 Å². The highest BCUT2D eigenvalue weighted by Gasteiger charge is 2.31. The molecule has 0 radical (unpaired) electrons. The largest absolute Gasteiger partial charge is 0.489 e. The number of carbonyl (C=O) groups excluding carboxylic acids is 4. The van der Waals surface area contributed by atoms with Crippen molar-refractivity contribution in [3.63, 3.8) is 0 Å². The van der Waals surface area contributed by atoms with E-state index >= 15 is 0 Å². The van der Waals surface area contributed by atoms with Crippen molar-refractivity contribution < 1.29 is 28.7 Å². The monoisotopic (exact) mass is 908 g/mol. The van der Waals surface area contributed by atoms with E-state index in [4.69, 9.17) is 21.1 Å². The van der Waals surface area contributed by atoms with Crippen LogP contribution >= 0.6 is 11.6 Å². The fourth-order valence-corrected chi connectivity index (χ4v) is 9.07. The quantitative estimate of drug-likeness (QED) is 0.0767. The summed E-state index contributed by atoms with van der Waals surface area (Å²) in [5.41, 5.74) is 9.55. The summed E-state index contributed by atoms with van der Waals surface area (Å²) < 4.78 is 12.9. The van der Waals surface area contributed by atoms with Crippen LogP contribution in [0.2, 0.25) is 5.02 Å². The standard InChI is InChI=1S/C51H53ClN8O6/c1-31-40(35-10-13-45-43(19-35)51(64)59(3)28-50(63)60(45)17-16-54-26-38-11-14-48(61)57-38)6-4-7-41(31)42-8-5-9-46(32(42)2)66-30-37-21-47(65-29-34-18-33(22-53)23-55-24-34)36(20-44(37)52)25-56-27-39-12-15-49(62)58-39/h4-10,13,18-21,23-24,38-39,54,56H,11-12,14-17,25-30H2,1-3H3,(H,57,61)(H,58,62)/t38-,39+/m0/s1. The van der Waals surface area contributed by atoms with Crippen LogP contribution in [0.1, 0.15) is 69.4 Å². The summed E-state index contributed by atoms with van der Waals surface area (Å²) in [5, 5.41) is 22.7. The van der Waals surface area contributed by atoms with Crippen LogP contribution in [0.5, 0.6) is 11.5 Å². The third-order valence-corrected chi connectivity index (χ3v) is 12.8. The minimum atomic E-state index is -0.220. The summed E-state index contributed by atoms with van der Waals surface area (Å²) in [5.74, 6) is 1.04. The Bertz CT molecular complexity index is 2720. The lowest BCUT2D eigenvalue weighted by Crippen LogP contribution is -2.43. The molecule has 3 aliphatic rings. The maximum atomic E-state index is 13.8. The van der Waals surface area contributed by atoms with E-state index in [2.05, 4.69) is 51.4 Å². The van der Waals surface area contributed by atoms with Crippen LogP contribution in [0.25, 0.3) is 22.3 Å².